The second-order valence-corrected chi connectivity index (χ2v) is 4.32. The quantitative estimate of drug-likeness (QED) is 0.753. The van der Waals surface area contributed by atoms with Crippen molar-refractivity contribution in [3.63, 3.8) is 0 Å². The van der Waals surface area contributed by atoms with E-state index in [4.69, 9.17) is 10.2 Å². The zero-order chi connectivity index (χ0) is 13.1. The molecule has 2 aromatic rings. The smallest absolute Gasteiger partial charge is 0.408 e. The second kappa shape index (κ2) is 5.05. The van der Waals surface area contributed by atoms with Gasteiger partial charge in [-0.2, -0.15) is 0 Å². The van der Waals surface area contributed by atoms with Gasteiger partial charge in [-0.1, -0.05) is 6.92 Å². The number of anilines is 1. The maximum absolute atomic E-state index is 11.7. The molecule has 1 unspecified atom stereocenters. The van der Waals surface area contributed by atoms with Crippen molar-refractivity contribution in [3.05, 3.63) is 28.7 Å². The van der Waals surface area contributed by atoms with Crippen LogP contribution < -0.4 is 16.8 Å². The average molecular weight is 249 g/mol. The van der Waals surface area contributed by atoms with E-state index in [2.05, 4.69) is 10.3 Å². The number of rotatable bonds is 4. The highest BCUT2D eigenvalue weighted by Gasteiger charge is 2.09. The summed E-state index contributed by atoms with van der Waals surface area (Å²) in [6.07, 6.45) is 0.367. The molecular formula is C12H15N3O3. The highest BCUT2D eigenvalue weighted by atomic mass is 16.4. The molecule has 1 heterocycles. The molecule has 1 amide bonds. The summed E-state index contributed by atoms with van der Waals surface area (Å²) in [5.74, 6) is -0.477. The second-order valence-electron chi connectivity index (χ2n) is 4.32. The van der Waals surface area contributed by atoms with Gasteiger partial charge in [-0.15, -0.1) is 0 Å². The number of oxazole rings is 1. The molecule has 96 valence electrons. The van der Waals surface area contributed by atoms with Crippen molar-refractivity contribution in [1.82, 2.24) is 4.98 Å². The van der Waals surface area contributed by atoms with Crippen LogP contribution in [0.1, 0.15) is 13.3 Å². The molecule has 6 heteroatoms. The van der Waals surface area contributed by atoms with E-state index in [1.165, 1.54) is 0 Å². The van der Waals surface area contributed by atoms with E-state index < -0.39 is 5.76 Å². The van der Waals surface area contributed by atoms with Crippen LogP contribution in [0.4, 0.5) is 5.69 Å². The molecule has 2 rings (SSSR count). The predicted octanol–water partition coefficient (Wildman–Crippen LogP) is 1.04. The molecule has 18 heavy (non-hydrogen) atoms. The minimum absolute atomic E-state index is 0.106. The molecule has 4 N–H and O–H groups in total. The van der Waals surface area contributed by atoms with E-state index in [0.29, 0.717) is 29.8 Å². The Morgan fingerprint density at radius 1 is 1.56 bits per heavy atom. The molecule has 0 aliphatic carbocycles. The van der Waals surface area contributed by atoms with Crippen molar-refractivity contribution in [2.45, 2.75) is 13.3 Å². The first-order valence-electron chi connectivity index (χ1n) is 5.71. The van der Waals surface area contributed by atoms with Crippen molar-refractivity contribution < 1.29 is 9.21 Å². The number of hydrogen-bond acceptors (Lipinski definition) is 4. The largest absolute Gasteiger partial charge is 0.417 e. The lowest BCUT2D eigenvalue weighted by Crippen LogP contribution is -2.19. The van der Waals surface area contributed by atoms with Crippen molar-refractivity contribution in [2.75, 3.05) is 11.9 Å². The number of carbonyl (C=O) groups excluding carboxylic acids is 1. The van der Waals surface area contributed by atoms with E-state index in [-0.39, 0.29) is 11.8 Å². The Hall–Kier alpha value is -2.08. The number of nitrogens with two attached hydrogens (primary N) is 1. The van der Waals surface area contributed by atoms with E-state index in [1.807, 2.05) is 6.92 Å². The van der Waals surface area contributed by atoms with Gasteiger partial charge in [0.15, 0.2) is 5.58 Å². The van der Waals surface area contributed by atoms with Crippen LogP contribution in [0.3, 0.4) is 0 Å². The summed E-state index contributed by atoms with van der Waals surface area (Å²) in [6.45, 7) is 2.38. The lowest BCUT2D eigenvalue weighted by atomic mass is 10.1. The summed E-state index contributed by atoms with van der Waals surface area (Å²) in [5.41, 5.74) is 7.08. The van der Waals surface area contributed by atoms with Crippen molar-refractivity contribution in [2.24, 2.45) is 11.7 Å². The van der Waals surface area contributed by atoms with Crippen molar-refractivity contribution >= 4 is 22.7 Å². The molecule has 0 bridgehead atoms. The highest BCUT2D eigenvalue weighted by Crippen LogP contribution is 2.16. The maximum Gasteiger partial charge on any atom is 0.417 e. The molecule has 0 radical (unpaired) electrons. The number of amides is 1. The Morgan fingerprint density at radius 3 is 3.06 bits per heavy atom. The van der Waals surface area contributed by atoms with Gasteiger partial charge in [-0.3, -0.25) is 9.78 Å². The first-order valence-corrected chi connectivity index (χ1v) is 5.71. The summed E-state index contributed by atoms with van der Waals surface area (Å²) in [4.78, 5) is 25.2. The van der Waals surface area contributed by atoms with Crippen molar-refractivity contribution in [3.8, 4) is 0 Å². The van der Waals surface area contributed by atoms with Gasteiger partial charge >= 0.3 is 5.76 Å². The van der Waals surface area contributed by atoms with Crippen LogP contribution in [-0.4, -0.2) is 17.4 Å². The van der Waals surface area contributed by atoms with Gasteiger partial charge in [-0.25, -0.2) is 4.79 Å². The van der Waals surface area contributed by atoms with E-state index in [0.717, 1.165) is 0 Å². The maximum atomic E-state index is 11.7. The molecule has 1 atom stereocenters. The summed E-state index contributed by atoms with van der Waals surface area (Å²) in [5, 5.41) is 2.74. The number of benzene rings is 1. The summed E-state index contributed by atoms with van der Waals surface area (Å²) >= 11 is 0. The number of aromatic amines is 1. The first-order chi connectivity index (χ1) is 8.58. The normalized spacial score (nSPS) is 12.6. The third-order valence-electron chi connectivity index (χ3n) is 2.64. The fraction of sp³-hybridized carbons (Fsp3) is 0.333. The third kappa shape index (κ3) is 2.78. The van der Waals surface area contributed by atoms with E-state index in [9.17, 15) is 9.59 Å². The minimum atomic E-state index is -0.509. The monoisotopic (exact) mass is 249 g/mol. The summed E-state index contributed by atoms with van der Waals surface area (Å²) in [6, 6.07) is 5.00. The SMILES string of the molecule is CC(CN)CC(=O)Nc1ccc2[nH]c(=O)oc2c1. The Morgan fingerprint density at radius 2 is 2.33 bits per heavy atom. The number of H-pyrrole nitrogens is 1. The molecular weight excluding hydrogens is 234 g/mol. The highest BCUT2D eigenvalue weighted by molar-refractivity contribution is 5.92. The van der Waals surface area contributed by atoms with Gasteiger partial charge in [0.1, 0.15) is 0 Å². The van der Waals surface area contributed by atoms with Gasteiger partial charge in [0, 0.05) is 18.2 Å². The van der Waals surface area contributed by atoms with Crippen molar-refractivity contribution in [1.29, 1.82) is 0 Å². The number of fused-ring (bicyclic) bond motifs is 1. The van der Waals surface area contributed by atoms with E-state index >= 15 is 0 Å². The number of carbonyl (C=O) groups is 1. The fourth-order valence-electron chi connectivity index (χ4n) is 1.63. The zero-order valence-corrected chi connectivity index (χ0v) is 10.0. The number of hydrogen-bond donors (Lipinski definition) is 3. The minimum Gasteiger partial charge on any atom is -0.408 e. The van der Waals surface area contributed by atoms with Gasteiger partial charge in [0.05, 0.1) is 5.52 Å². The number of aromatic nitrogens is 1. The molecule has 0 aliphatic heterocycles. The fourth-order valence-corrected chi connectivity index (χ4v) is 1.63. The molecule has 0 spiro atoms. The Kier molecular flexibility index (Phi) is 3.47. The molecule has 6 nitrogen and oxygen atoms in total. The Bertz CT molecular complexity index is 614. The Balaban J connectivity index is 2.11. The van der Waals surface area contributed by atoms with Crippen LogP contribution in [0, 0.1) is 5.92 Å². The average Bonchev–Trinajstić information content (AvgIpc) is 2.68. The Labute approximate surface area is 103 Å². The topological polar surface area (TPSA) is 101 Å². The zero-order valence-electron chi connectivity index (χ0n) is 10.0. The van der Waals surface area contributed by atoms with Crippen LogP contribution in [-0.2, 0) is 4.79 Å². The molecule has 0 saturated heterocycles. The molecule has 0 saturated carbocycles. The van der Waals surface area contributed by atoms with Gasteiger partial charge in [0.2, 0.25) is 5.91 Å². The molecule has 0 aliphatic rings. The van der Waals surface area contributed by atoms with Gasteiger partial charge in [-0.05, 0) is 24.6 Å². The first kappa shape index (κ1) is 12.4. The summed E-state index contributed by atoms with van der Waals surface area (Å²) in [7, 11) is 0. The lowest BCUT2D eigenvalue weighted by Gasteiger charge is -2.08. The number of nitrogens with one attached hydrogen (secondary N) is 2. The van der Waals surface area contributed by atoms with Crippen LogP contribution in [0.5, 0.6) is 0 Å². The molecule has 1 aromatic carbocycles. The van der Waals surface area contributed by atoms with Gasteiger partial charge < -0.3 is 15.5 Å². The third-order valence-corrected chi connectivity index (χ3v) is 2.64. The van der Waals surface area contributed by atoms with Crippen LogP contribution in [0.15, 0.2) is 27.4 Å². The molecule has 1 aromatic heterocycles. The predicted molar refractivity (Wildman–Crippen MR) is 68.3 cm³/mol. The summed E-state index contributed by atoms with van der Waals surface area (Å²) < 4.78 is 4.91. The van der Waals surface area contributed by atoms with Crippen LogP contribution in [0.25, 0.3) is 11.1 Å². The standard InChI is InChI=1S/C12H15N3O3/c1-7(6-13)4-11(16)14-8-2-3-9-10(5-8)18-12(17)15-9/h2-3,5,7H,4,6,13H2,1H3,(H,14,16)(H,15,17). The van der Waals surface area contributed by atoms with E-state index in [1.54, 1.807) is 18.2 Å². The van der Waals surface area contributed by atoms with Crippen LogP contribution >= 0.6 is 0 Å². The lowest BCUT2D eigenvalue weighted by molar-refractivity contribution is -0.116. The van der Waals surface area contributed by atoms with Crippen LogP contribution in [0.2, 0.25) is 0 Å². The molecule has 0 fully saturated rings. The van der Waals surface area contributed by atoms with Gasteiger partial charge in [0.25, 0.3) is 0 Å².